The molecule has 1 heterocycles. The first-order valence-electron chi connectivity index (χ1n) is 7.29. The molecular weight excluding hydrogens is 328 g/mol. The molecule has 0 aliphatic carbocycles. The molecule has 0 fully saturated rings. The van der Waals surface area contributed by atoms with Crippen LogP contribution in [0.15, 0.2) is 30.0 Å². The molecule has 6 nitrogen and oxygen atoms in total. The topological polar surface area (TPSA) is 79.9 Å². The van der Waals surface area contributed by atoms with E-state index < -0.39 is 5.91 Å². The fraction of sp³-hybridized carbons (Fsp3) is 0.235. The van der Waals surface area contributed by atoms with E-state index in [-0.39, 0.29) is 5.57 Å². The second kappa shape index (κ2) is 7.66. The number of nitriles is 1. The quantitative estimate of drug-likeness (QED) is 0.665. The van der Waals surface area contributed by atoms with E-state index in [0.29, 0.717) is 23.0 Å². The number of hydrogen-bond acceptors (Lipinski definition) is 4. The number of aryl methyl sites for hydroxylation is 2. The Kier molecular flexibility index (Phi) is 5.61. The molecule has 1 aromatic carbocycles. The normalized spacial score (nSPS) is 11.0. The van der Waals surface area contributed by atoms with Gasteiger partial charge in [0.15, 0.2) is 0 Å². The van der Waals surface area contributed by atoms with Gasteiger partial charge in [0, 0.05) is 23.3 Å². The number of amides is 1. The molecular formula is C17H17ClN4O2. The van der Waals surface area contributed by atoms with E-state index in [1.165, 1.54) is 13.2 Å². The molecule has 1 aromatic heterocycles. The maximum atomic E-state index is 12.4. The number of nitrogens with one attached hydrogen (secondary N) is 1. The van der Waals surface area contributed by atoms with E-state index >= 15 is 0 Å². The minimum Gasteiger partial charge on any atom is -0.495 e. The van der Waals surface area contributed by atoms with Crippen LogP contribution in [0.4, 0.5) is 5.69 Å². The summed E-state index contributed by atoms with van der Waals surface area (Å²) in [6.45, 7) is 4.50. The van der Waals surface area contributed by atoms with Crippen molar-refractivity contribution in [1.29, 1.82) is 5.26 Å². The van der Waals surface area contributed by atoms with Crippen LogP contribution in [0.5, 0.6) is 5.75 Å². The third-order valence-corrected chi connectivity index (χ3v) is 3.62. The lowest BCUT2D eigenvalue weighted by Crippen LogP contribution is -2.14. The molecule has 1 amide bonds. The van der Waals surface area contributed by atoms with Gasteiger partial charge < -0.3 is 10.1 Å². The molecule has 0 aliphatic heterocycles. The Morgan fingerprint density at radius 3 is 2.88 bits per heavy atom. The Bertz CT molecular complexity index is 834. The van der Waals surface area contributed by atoms with Gasteiger partial charge in [-0.05, 0) is 38.1 Å². The molecule has 0 aliphatic rings. The van der Waals surface area contributed by atoms with Crippen LogP contribution in [-0.4, -0.2) is 22.8 Å². The number of benzene rings is 1. The van der Waals surface area contributed by atoms with Crippen molar-refractivity contribution in [1.82, 2.24) is 9.78 Å². The summed E-state index contributed by atoms with van der Waals surface area (Å²) in [6, 6.07) is 6.77. The first-order chi connectivity index (χ1) is 11.5. The molecule has 0 saturated heterocycles. The summed E-state index contributed by atoms with van der Waals surface area (Å²) < 4.78 is 6.92. The van der Waals surface area contributed by atoms with E-state index in [9.17, 15) is 10.1 Å². The van der Waals surface area contributed by atoms with Crippen molar-refractivity contribution in [2.75, 3.05) is 12.4 Å². The number of ether oxygens (including phenoxy) is 1. The predicted octanol–water partition coefficient (Wildman–Crippen LogP) is 3.42. The SMILES string of the molecule is CCn1cc(C=C(C#N)C(=O)Nc2cc(Cl)ccc2OC)c(C)n1. The Balaban J connectivity index is 2.29. The average Bonchev–Trinajstić information content (AvgIpc) is 2.92. The second-order valence-electron chi connectivity index (χ2n) is 4.99. The highest BCUT2D eigenvalue weighted by Crippen LogP contribution is 2.28. The first kappa shape index (κ1) is 17.6. The summed E-state index contributed by atoms with van der Waals surface area (Å²) >= 11 is 5.94. The number of carbonyl (C=O) groups is 1. The van der Waals surface area contributed by atoms with Gasteiger partial charge in [0.1, 0.15) is 17.4 Å². The molecule has 124 valence electrons. The van der Waals surface area contributed by atoms with Gasteiger partial charge in [-0.25, -0.2) is 0 Å². The zero-order valence-corrected chi connectivity index (χ0v) is 14.4. The van der Waals surface area contributed by atoms with Crippen LogP contribution in [0.2, 0.25) is 5.02 Å². The van der Waals surface area contributed by atoms with Gasteiger partial charge in [-0.1, -0.05) is 11.6 Å². The minimum absolute atomic E-state index is 0.0317. The number of anilines is 1. The summed E-state index contributed by atoms with van der Waals surface area (Å²) in [5.74, 6) is -0.0817. The molecule has 0 unspecified atom stereocenters. The zero-order chi connectivity index (χ0) is 17.7. The van der Waals surface area contributed by atoms with Crippen molar-refractivity contribution in [3.8, 4) is 11.8 Å². The van der Waals surface area contributed by atoms with E-state index in [4.69, 9.17) is 16.3 Å². The number of aromatic nitrogens is 2. The third-order valence-electron chi connectivity index (χ3n) is 3.38. The highest BCUT2D eigenvalue weighted by Gasteiger charge is 2.14. The monoisotopic (exact) mass is 344 g/mol. The van der Waals surface area contributed by atoms with Crippen LogP contribution in [0.25, 0.3) is 6.08 Å². The molecule has 1 N–H and O–H groups in total. The van der Waals surface area contributed by atoms with Gasteiger partial charge in [0.2, 0.25) is 0 Å². The van der Waals surface area contributed by atoms with Crippen LogP contribution < -0.4 is 10.1 Å². The summed E-state index contributed by atoms with van der Waals surface area (Å²) in [5.41, 5.74) is 1.84. The van der Waals surface area contributed by atoms with Gasteiger partial charge >= 0.3 is 0 Å². The van der Waals surface area contributed by atoms with Gasteiger partial charge in [0.05, 0.1) is 18.5 Å². The van der Waals surface area contributed by atoms with Crippen molar-refractivity contribution in [2.45, 2.75) is 20.4 Å². The lowest BCUT2D eigenvalue weighted by Gasteiger charge is -2.10. The van der Waals surface area contributed by atoms with Crippen molar-refractivity contribution in [2.24, 2.45) is 0 Å². The average molecular weight is 345 g/mol. The van der Waals surface area contributed by atoms with Gasteiger partial charge in [-0.3, -0.25) is 9.48 Å². The highest BCUT2D eigenvalue weighted by molar-refractivity contribution is 6.31. The molecule has 24 heavy (non-hydrogen) atoms. The van der Waals surface area contributed by atoms with Crippen LogP contribution >= 0.6 is 11.6 Å². The summed E-state index contributed by atoms with van der Waals surface area (Å²) in [6.07, 6.45) is 3.31. The van der Waals surface area contributed by atoms with Crippen LogP contribution in [0.1, 0.15) is 18.2 Å². The number of hydrogen-bond donors (Lipinski definition) is 1. The number of methoxy groups -OCH3 is 1. The van der Waals surface area contributed by atoms with Crippen molar-refractivity contribution >= 4 is 29.3 Å². The fourth-order valence-corrected chi connectivity index (χ4v) is 2.28. The molecule has 0 radical (unpaired) electrons. The highest BCUT2D eigenvalue weighted by atomic mass is 35.5. The van der Waals surface area contributed by atoms with Gasteiger partial charge in [-0.15, -0.1) is 0 Å². The molecule has 7 heteroatoms. The smallest absolute Gasteiger partial charge is 0.266 e. The minimum atomic E-state index is -0.540. The Hall–Kier alpha value is -2.78. The second-order valence-corrected chi connectivity index (χ2v) is 5.43. The largest absolute Gasteiger partial charge is 0.495 e. The summed E-state index contributed by atoms with van der Waals surface area (Å²) in [4.78, 5) is 12.4. The maximum absolute atomic E-state index is 12.4. The van der Waals surface area contributed by atoms with Crippen LogP contribution in [0, 0.1) is 18.3 Å². The van der Waals surface area contributed by atoms with Crippen molar-refractivity contribution in [3.63, 3.8) is 0 Å². The molecule has 2 aromatic rings. The summed E-state index contributed by atoms with van der Waals surface area (Å²) in [5, 5.41) is 16.7. The van der Waals surface area contributed by atoms with Gasteiger partial charge in [-0.2, -0.15) is 10.4 Å². The Morgan fingerprint density at radius 1 is 1.54 bits per heavy atom. The third kappa shape index (κ3) is 3.94. The molecule has 0 saturated carbocycles. The number of rotatable bonds is 5. The molecule has 0 bridgehead atoms. The number of carbonyl (C=O) groups excluding carboxylic acids is 1. The van der Waals surface area contributed by atoms with Crippen molar-refractivity contribution < 1.29 is 9.53 Å². The van der Waals surface area contributed by atoms with Gasteiger partial charge in [0.25, 0.3) is 5.91 Å². The molecule has 0 atom stereocenters. The fourth-order valence-electron chi connectivity index (χ4n) is 2.11. The first-order valence-corrected chi connectivity index (χ1v) is 7.67. The standard InChI is InChI=1S/C17H17ClN4O2/c1-4-22-10-13(11(2)21-22)7-12(9-19)17(23)20-15-8-14(18)5-6-16(15)24-3/h5-8,10H,4H2,1-3H3,(H,20,23). The van der Waals surface area contributed by atoms with Crippen molar-refractivity contribution in [3.05, 3.63) is 46.2 Å². The number of halogens is 1. The van der Waals surface area contributed by atoms with E-state index in [1.807, 2.05) is 19.9 Å². The molecule has 0 spiro atoms. The van der Waals surface area contributed by atoms with E-state index in [2.05, 4.69) is 10.4 Å². The summed E-state index contributed by atoms with van der Waals surface area (Å²) in [7, 11) is 1.49. The van der Waals surface area contributed by atoms with Crippen LogP contribution in [-0.2, 0) is 11.3 Å². The molecule has 2 rings (SSSR count). The van der Waals surface area contributed by atoms with E-state index in [1.54, 1.807) is 29.1 Å². The lowest BCUT2D eigenvalue weighted by atomic mass is 10.1. The zero-order valence-electron chi connectivity index (χ0n) is 13.6. The number of nitrogens with zero attached hydrogens (tertiary/aromatic N) is 3. The predicted molar refractivity (Wildman–Crippen MR) is 92.9 cm³/mol. The van der Waals surface area contributed by atoms with E-state index in [0.717, 1.165) is 11.3 Å². The lowest BCUT2D eigenvalue weighted by molar-refractivity contribution is -0.112. The Labute approximate surface area is 145 Å². The maximum Gasteiger partial charge on any atom is 0.266 e. The van der Waals surface area contributed by atoms with Crippen LogP contribution in [0.3, 0.4) is 0 Å². The Morgan fingerprint density at radius 2 is 2.29 bits per heavy atom.